The molecule has 0 aromatic rings. The quantitative estimate of drug-likeness (QED) is 0.572. The Hall–Kier alpha value is -1.49. The highest BCUT2D eigenvalue weighted by Crippen LogP contribution is 2.56. The number of aliphatic hydroxyl groups is 1. The molecule has 4 nitrogen and oxygen atoms in total. The fraction of sp³-hybridized carbons (Fsp3) is 0.690. The van der Waals surface area contributed by atoms with Crippen LogP contribution in [0.1, 0.15) is 65.2 Å². The van der Waals surface area contributed by atoms with Gasteiger partial charge in [0.2, 0.25) is 0 Å². The highest BCUT2D eigenvalue weighted by atomic mass is 16.5. The average Bonchev–Trinajstić information content (AvgIpc) is 2.82. The fourth-order valence-corrected chi connectivity index (χ4v) is 7.91. The Morgan fingerprint density at radius 2 is 1.94 bits per heavy atom. The molecule has 9 atom stereocenters. The first-order valence-electron chi connectivity index (χ1n) is 13.5. The Kier molecular flexibility index (Phi) is 5.96. The van der Waals surface area contributed by atoms with Crippen molar-refractivity contribution in [1.29, 1.82) is 0 Å². The van der Waals surface area contributed by atoms with E-state index in [0.717, 1.165) is 25.2 Å². The SMILES string of the molecule is CC(C)OC1CC(C2CCC3C=CC4=C5C(CC=C4)CCC2C53)=NC(C2CCC=CC2O)N1. The molecule has 2 N–H and O–H groups in total. The summed E-state index contributed by atoms with van der Waals surface area (Å²) >= 11 is 0. The van der Waals surface area contributed by atoms with E-state index in [4.69, 9.17) is 9.73 Å². The lowest BCUT2D eigenvalue weighted by Gasteiger charge is -2.52. The molecule has 9 unspecified atom stereocenters. The van der Waals surface area contributed by atoms with E-state index in [1.807, 2.05) is 6.08 Å². The van der Waals surface area contributed by atoms with Crippen molar-refractivity contribution in [2.45, 2.75) is 89.8 Å². The zero-order chi connectivity index (χ0) is 22.5. The molecule has 2 saturated carbocycles. The van der Waals surface area contributed by atoms with E-state index in [2.05, 4.69) is 49.5 Å². The van der Waals surface area contributed by atoms with Gasteiger partial charge in [0.15, 0.2) is 0 Å². The lowest BCUT2D eigenvalue weighted by Crippen LogP contribution is -2.54. The summed E-state index contributed by atoms with van der Waals surface area (Å²) in [4.78, 5) is 5.38. The molecule has 0 aromatic carbocycles. The first-order chi connectivity index (χ1) is 16.1. The number of aliphatic hydroxyl groups excluding tert-OH is 1. The van der Waals surface area contributed by atoms with Crippen LogP contribution in [0.2, 0.25) is 0 Å². The number of nitrogens with zero attached hydrogens (tertiary/aromatic N) is 1. The molecule has 0 spiro atoms. The van der Waals surface area contributed by atoms with Crippen molar-refractivity contribution >= 4 is 5.71 Å². The third kappa shape index (κ3) is 4.02. The minimum atomic E-state index is -0.421. The number of allylic oxidation sites excluding steroid dienone is 7. The summed E-state index contributed by atoms with van der Waals surface area (Å²) in [6, 6.07) is 0. The number of hydrogen-bond acceptors (Lipinski definition) is 4. The van der Waals surface area contributed by atoms with Crippen LogP contribution >= 0.6 is 0 Å². The topological polar surface area (TPSA) is 53.9 Å². The number of hydrogen-bond donors (Lipinski definition) is 2. The molecule has 4 heteroatoms. The summed E-state index contributed by atoms with van der Waals surface area (Å²) in [6.07, 6.45) is 22.8. The fourth-order valence-electron chi connectivity index (χ4n) is 7.91. The zero-order valence-corrected chi connectivity index (χ0v) is 20.2. The van der Waals surface area contributed by atoms with Gasteiger partial charge in [0.1, 0.15) is 12.4 Å². The van der Waals surface area contributed by atoms with Crippen molar-refractivity contribution in [3.63, 3.8) is 0 Å². The summed E-state index contributed by atoms with van der Waals surface area (Å²) in [6.45, 7) is 4.23. The van der Waals surface area contributed by atoms with Crippen LogP contribution < -0.4 is 5.32 Å². The van der Waals surface area contributed by atoms with Gasteiger partial charge < -0.3 is 9.84 Å². The molecule has 5 aliphatic carbocycles. The minimum absolute atomic E-state index is 0.00619. The molecule has 2 fully saturated rings. The lowest BCUT2D eigenvalue weighted by atomic mass is 9.53. The maximum Gasteiger partial charge on any atom is 0.115 e. The van der Waals surface area contributed by atoms with Crippen molar-refractivity contribution in [2.24, 2.45) is 40.5 Å². The van der Waals surface area contributed by atoms with Gasteiger partial charge in [-0.3, -0.25) is 10.3 Å². The molecule has 0 bridgehead atoms. The van der Waals surface area contributed by atoms with Gasteiger partial charge in [0, 0.05) is 24.0 Å². The summed E-state index contributed by atoms with van der Waals surface area (Å²) < 4.78 is 6.32. The molecule has 178 valence electrons. The summed E-state index contributed by atoms with van der Waals surface area (Å²) in [7, 11) is 0. The summed E-state index contributed by atoms with van der Waals surface area (Å²) in [5, 5.41) is 14.4. The van der Waals surface area contributed by atoms with E-state index in [0.29, 0.717) is 23.7 Å². The second-order valence-corrected chi connectivity index (χ2v) is 11.5. The second-order valence-electron chi connectivity index (χ2n) is 11.5. The van der Waals surface area contributed by atoms with Crippen molar-refractivity contribution in [3.8, 4) is 0 Å². The van der Waals surface area contributed by atoms with E-state index in [1.165, 1.54) is 43.4 Å². The van der Waals surface area contributed by atoms with E-state index in [-0.39, 0.29) is 24.4 Å². The number of aliphatic imine (C=N–C) groups is 1. The highest BCUT2D eigenvalue weighted by molar-refractivity contribution is 5.88. The Morgan fingerprint density at radius 3 is 2.79 bits per heavy atom. The molecular formula is C29H40N2O2. The van der Waals surface area contributed by atoms with Crippen molar-refractivity contribution in [2.75, 3.05) is 0 Å². The van der Waals surface area contributed by atoms with Gasteiger partial charge in [-0.25, -0.2) is 0 Å². The Balaban J connectivity index is 1.31. The third-order valence-corrected chi connectivity index (χ3v) is 9.24. The predicted molar refractivity (Wildman–Crippen MR) is 133 cm³/mol. The first kappa shape index (κ1) is 22.0. The number of nitrogens with one attached hydrogen (secondary N) is 1. The highest BCUT2D eigenvalue weighted by Gasteiger charge is 2.49. The average molecular weight is 449 g/mol. The minimum Gasteiger partial charge on any atom is -0.389 e. The van der Waals surface area contributed by atoms with Gasteiger partial charge >= 0.3 is 0 Å². The Bertz CT molecular complexity index is 913. The van der Waals surface area contributed by atoms with Gasteiger partial charge in [-0.15, -0.1) is 0 Å². The van der Waals surface area contributed by atoms with E-state index < -0.39 is 6.10 Å². The Morgan fingerprint density at radius 1 is 1.03 bits per heavy atom. The standard InChI is InChI=1S/C29H40N2O2/c1-17(2)33-26-16-24(30-29(31-26)23-8-3-4-9-25(23)32)21-14-12-20-11-10-18-6-5-7-19-13-15-22(21)28(20)27(18)19/h4-6,9-11,17,19-23,25-26,28-29,31-32H,3,7-8,12-16H2,1-2H3. The number of rotatable bonds is 4. The van der Waals surface area contributed by atoms with Crippen LogP contribution in [0, 0.1) is 35.5 Å². The lowest BCUT2D eigenvalue weighted by molar-refractivity contribution is -0.0297. The molecule has 0 radical (unpaired) electrons. The third-order valence-electron chi connectivity index (χ3n) is 9.24. The smallest absolute Gasteiger partial charge is 0.115 e. The van der Waals surface area contributed by atoms with E-state index in [1.54, 1.807) is 5.57 Å². The zero-order valence-electron chi connectivity index (χ0n) is 20.2. The van der Waals surface area contributed by atoms with Gasteiger partial charge in [0.05, 0.1) is 12.2 Å². The summed E-state index contributed by atoms with van der Waals surface area (Å²) in [5.74, 6) is 3.57. The maximum atomic E-state index is 10.7. The van der Waals surface area contributed by atoms with Crippen LogP contribution in [0.5, 0.6) is 0 Å². The van der Waals surface area contributed by atoms with Gasteiger partial charge in [-0.2, -0.15) is 0 Å². The monoisotopic (exact) mass is 448 g/mol. The van der Waals surface area contributed by atoms with Crippen LogP contribution in [-0.4, -0.2) is 35.4 Å². The van der Waals surface area contributed by atoms with Crippen molar-refractivity contribution in [1.82, 2.24) is 5.32 Å². The van der Waals surface area contributed by atoms with Crippen LogP contribution in [0.3, 0.4) is 0 Å². The van der Waals surface area contributed by atoms with E-state index in [9.17, 15) is 5.11 Å². The van der Waals surface area contributed by atoms with Crippen LogP contribution in [-0.2, 0) is 4.74 Å². The maximum absolute atomic E-state index is 10.7. The molecule has 6 aliphatic rings. The largest absolute Gasteiger partial charge is 0.389 e. The predicted octanol–water partition coefficient (Wildman–Crippen LogP) is 5.32. The van der Waals surface area contributed by atoms with Gasteiger partial charge in [-0.05, 0) is 88.0 Å². The van der Waals surface area contributed by atoms with Crippen LogP contribution in [0.4, 0.5) is 0 Å². The van der Waals surface area contributed by atoms with E-state index >= 15 is 0 Å². The molecule has 0 saturated heterocycles. The normalized spacial score (nSPS) is 44.1. The molecular weight excluding hydrogens is 408 g/mol. The first-order valence-corrected chi connectivity index (χ1v) is 13.5. The molecule has 33 heavy (non-hydrogen) atoms. The molecule has 6 rings (SSSR count). The van der Waals surface area contributed by atoms with Crippen molar-refractivity contribution < 1.29 is 9.84 Å². The number of ether oxygens (including phenoxy) is 1. The molecule has 0 aromatic heterocycles. The molecule has 1 aliphatic heterocycles. The van der Waals surface area contributed by atoms with Gasteiger partial charge in [0.25, 0.3) is 0 Å². The second kappa shape index (κ2) is 8.94. The molecule has 1 heterocycles. The molecule has 0 amide bonds. The van der Waals surface area contributed by atoms with Gasteiger partial charge in [-0.1, -0.05) is 42.0 Å². The van der Waals surface area contributed by atoms with Crippen molar-refractivity contribution in [3.05, 3.63) is 47.6 Å². The Labute approximate surface area is 199 Å². The van der Waals surface area contributed by atoms with Crippen LogP contribution in [0.25, 0.3) is 0 Å². The van der Waals surface area contributed by atoms with Crippen LogP contribution in [0.15, 0.2) is 52.6 Å². The summed E-state index contributed by atoms with van der Waals surface area (Å²) in [5.41, 5.74) is 4.66.